The minimum atomic E-state index is -0.492. The van der Waals surface area contributed by atoms with E-state index in [2.05, 4.69) is 12.2 Å². The smallest absolute Gasteiger partial charge is 0.248 e. The number of aliphatic hydroxyl groups is 1. The molecule has 0 radical (unpaired) electrons. The number of aliphatic hydroxyl groups excluding tert-OH is 1. The molecule has 0 spiro atoms. The molecule has 122 valence electrons. The van der Waals surface area contributed by atoms with E-state index in [1.165, 1.54) is 5.56 Å². The van der Waals surface area contributed by atoms with Gasteiger partial charge in [-0.25, -0.2) is 0 Å². The zero-order valence-electron chi connectivity index (χ0n) is 13.4. The minimum absolute atomic E-state index is 0.296. The third kappa shape index (κ3) is 5.51. The van der Waals surface area contributed by atoms with Crippen molar-refractivity contribution in [1.82, 2.24) is 5.32 Å². The highest BCUT2D eigenvalue weighted by Gasteiger charge is 2.09. The van der Waals surface area contributed by atoms with Gasteiger partial charge in [0.2, 0.25) is 5.91 Å². The van der Waals surface area contributed by atoms with Crippen molar-refractivity contribution in [3.05, 3.63) is 71.3 Å². The fourth-order valence-electron chi connectivity index (χ4n) is 2.43. The summed E-state index contributed by atoms with van der Waals surface area (Å²) in [7, 11) is 0. The highest BCUT2D eigenvalue weighted by Crippen LogP contribution is 2.12. The Labute approximate surface area is 137 Å². The Morgan fingerprint density at radius 2 is 1.78 bits per heavy atom. The van der Waals surface area contributed by atoms with E-state index in [1.54, 1.807) is 12.1 Å². The molecule has 0 saturated heterocycles. The van der Waals surface area contributed by atoms with Crippen molar-refractivity contribution in [1.29, 1.82) is 0 Å². The maximum Gasteiger partial charge on any atom is 0.248 e. The molecule has 0 aliphatic carbocycles. The second-order valence-electron chi connectivity index (χ2n) is 5.84. The van der Waals surface area contributed by atoms with Crippen LogP contribution in [0, 0.1) is 0 Å². The maximum atomic E-state index is 11.0. The molecule has 1 amide bonds. The second kappa shape index (κ2) is 8.46. The topological polar surface area (TPSA) is 75.4 Å². The Morgan fingerprint density at radius 3 is 2.39 bits per heavy atom. The predicted octanol–water partition coefficient (Wildman–Crippen LogP) is 2.43. The molecule has 2 aromatic rings. The summed E-state index contributed by atoms with van der Waals surface area (Å²) in [5.41, 5.74) is 7.86. The highest BCUT2D eigenvalue weighted by atomic mass is 16.3. The molecule has 0 heterocycles. The van der Waals surface area contributed by atoms with Crippen LogP contribution in [-0.2, 0) is 6.42 Å². The molecule has 0 aromatic heterocycles. The lowest BCUT2D eigenvalue weighted by atomic mass is 10.0. The van der Waals surface area contributed by atoms with Crippen molar-refractivity contribution < 1.29 is 9.90 Å². The number of nitrogens with one attached hydrogen (secondary N) is 1. The second-order valence-corrected chi connectivity index (χ2v) is 5.84. The molecular weight excluding hydrogens is 288 g/mol. The van der Waals surface area contributed by atoms with Crippen LogP contribution < -0.4 is 11.1 Å². The summed E-state index contributed by atoms with van der Waals surface area (Å²) in [6.45, 7) is 2.64. The number of benzene rings is 2. The van der Waals surface area contributed by atoms with Gasteiger partial charge in [0, 0.05) is 18.2 Å². The van der Waals surface area contributed by atoms with Gasteiger partial charge in [0.05, 0.1) is 6.10 Å². The highest BCUT2D eigenvalue weighted by molar-refractivity contribution is 5.92. The van der Waals surface area contributed by atoms with Gasteiger partial charge >= 0.3 is 0 Å². The lowest BCUT2D eigenvalue weighted by Gasteiger charge is -2.17. The molecule has 0 bridgehead atoms. The first kappa shape index (κ1) is 17.2. The number of hydrogen-bond acceptors (Lipinski definition) is 3. The number of carbonyl (C=O) groups excluding carboxylic acids is 1. The molecule has 2 rings (SSSR count). The minimum Gasteiger partial charge on any atom is -0.387 e. The molecule has 2 atom stereocenters. The van der Waals surface area contributed by atoms with E-state index < -0.39 is 12.0 Å². The third-order valence-electron chi connectivity index (χ3n) is 3.95. The third-order valence-corrected chi connectivity index (χ3v) is 3.95. The van der Waals surface area contributed by atoms with Gasteiger partial charge in [-0.05, 0) is 43.0 Å². The Hall–Kier alpha value is -2.17. The van der Waals surface area contributed by atoms with Gasteiger partial charge in [-0.1, -0.05) is 42.5 Å². The molecule has 1 unspecified atom stereocenters. The van der Waals surface area contributed by atoms with Gasteiger partial charge in [0.15, 0.2) is 0 Å². The molecule has 4 nitrogen and oxygen atoms in total. The molecule has 0 aliphatic heterocycles. The van der Waals surface area contributed by atoms with Crippen molar-refractivity contribution in [2.75, 3.05) is 6.54 Å². The van der Waals surface area contributed by atoms with E-state index in [4.69, 9.17) is 5.73 Å². The molecule has 23 heavy (non-hydrogen) atoms. The van der Waals surface area contributed by atoms with Crippen LogP contribution in [-0.4, -0.2) is 23.6 Å². The largest absolute Gasteiger partial charge is 0.387 e. The summed E-state index contributed by atoms with van der Waals surface area (Å²) in [5, 5.41) is 13.5. The van der Waals surface area contributed by atoms with E-state index in [1.807, 2.05) is 42.5 Å². The fraction of sp³-hybridized carbons (Fsp3) is 0.316. The number of amides is 1. The first-order valence-corrected chi connectivity index (χ1v) is 7.91. The summed E-state index contributed by atoms with van der Waals surface area (Å²) in [6.07, 6.45) is 1.38. The number of rotatable bonds is 8. The Morgan fingerprint density at radius 1 is 1.13 bits per heavy atom. The molecule has 0 saturated carbocycles. The molecule has 4 heteroatoms. The lowest BCUT2D eigenvalue weighted by molar-refractivity contribution is 0.100. The summed E-state index contributed by atoms with van der Waals surface area (Å²) in [5.74, 6) is -0.401. The summed E-state index contributed by atoms with van der Waals surface area (Å²) in [6, 6.07) is 17.3. The number of primary amides is 1. The Balaban J connectivity index is 1.74. The first-order valence-electron chi connectivity index (χ1n) is 7.91. The van der Waals surface area contributed by atoms with Crippen LogP contribution >= 0.6 is 0 Å². The van der Waals surface area contributed by atoms with Gasteiger partial charge in [-0.3, -0.25) is 4.79 Å². The van der Waals surface area contributed by atoms with Crippen LogP contribution in [0.5, 0.6) is 0 Å². The number of aryl methyl sites for hydroxylation is 1. The summed E-state index contributed by atoms with van der Waals surface area (Å²) in [4.78, 5) is 11.0. The lowest BCUT2D eigenvalue weighted by Crippen LogP contribution is -2.30. The number of hydrogen-bond donors (Lipinski definition) is 3. The Bertz CT molecular complexity index is 611. The van der Waals surface area contributed by atoms with Gasteiger partial charge in [0.25, 0.3) is 0 Å². The summed E-state index contributed by atoms with van der Waals surface area (Å²) < 4.78 is 0. The van der Waals surface area contributed by atoms with Crippen LogP contribution in [0.2, 0.25) is 0 Å². The zero-order chi connectivity index (χ0) is 16.7. The van der Waals surface area contributed by atoms with Crippen molar-refractivity contribution in [2.45, 2.75) is 31.9 Å². The van der Waals surface area contributed by atoms with Crippen molar-refractivity contribution in [3.8, 4) is 0 Å². The Kier molecular flexibility index (Phi) is 6.32. The van der Waals surface area contributed by atoms with Gasteiger partial charge in [-0.15, -0.1) is 0 Å². The number of nitrogens with two attached hydrogens (primary N) is 1. The molecule has 2 aromatic carbocycles. The van der Waals surface area contributed by atoms with Crippen LogP contribution in [0.25, 0.3) is 0 Å². The molecule has 0 aliphatic rings. The van der Waals surface area contributed by atoms with Crippen molar-refractivity contribution >= 4 is 5.91 Å². The zero-order valence-corrected chi connectivity index (χ0v) is 13.4. The van der Waals surface area contributed by atoms with Crippen LogP contribution in [0.3, 0.4) is 0 Å². The van der Waals surface area contributed by atoms with Crippen LogP contribution in [0.4, 0.5) is 0 Å². The average molecular weight is 312 g/mol. The molecular formula is C19H24N2O2. The first-order chi connectivity index (χ1) is 11.1. The van der Waals surface area contributed by atoms with Gasteiger partial charge < -0.3 is 16.2 Å². The molecule has 4 N–H and O–H groups in total. The summed E-state index contributed by atoms with van der Waals surface area (Å²) >= 11 is 0. The quantitative estimate of drug-likeness (QED) is 0.701. The van der Waals surface area contributed by atoms with E-state index >= 15 is 0 Å². The van der Waals surface area contributed by atoms with Gasteiger partial charge in [-0.2, -0.15) is 0 Å². The molecule has 0 fully saturated rings. The van der Waals surface area contributed by atoms with E-state index in [9.17, 15) is 9.90 Å². The van der Waals surface area contributed by atoms with Crippen LogP contribution in [0.15, 0.2) is 54.6 Å². The van der Waals surface area contributed by atoms with E-state index in [0.29, 0.717) is 18.2 Å². The van der Waals surface area contributed by atoms with Crippen molar-refractivity contribution in [2.24, 2.45) is 5.73 Å². The van der Waals surface area contributed by atoms with Gasteiger partial charge in [0.1, 0.15) is 0 Å². The van der Waals surface area contributed by atoms with E-state index in [-0.39, 0.29) is 0 Å². The van der Waals surface area contributed by atoms with Crippen LogP contribution in [0.1, 0.15) is 40.9 Å². The predicted molar refractivity (Wildman–Crippen MR) is 92.1 cm³/mol. The van der Waals surface area contributed by atoms with Crippen molar-refractivity contribution in [3.63, 3.8) is 0 Å². The SMILES string of the molecule is C[C@H](CCc1ccc(C(N)=O)cc1)NCC(O)c1ccccc1. The monoisotopic (exact) mass is 312 g/mol. The van der Waals surface area contributed by atoms with E-state index in [0.717, 1.165) is 18.4 Å². The maximum absolute atomic E-state index is 11.0. The standard InChI is InChI=1S/C19H24N2O2/c1-14(21-13-18(22)16-5-3-2-4-6-16)7-8-15-9-11-17(12-10-15)19(20)23/h2-6,9-12,14,18,21-22H,7-8,13H2,1H3,(H2,20,23)/t14-,18?/m1/s1. The number of carbonyl (C=O) groups is 1. The normalized spacial score (nSPS) is 13.5. The average Bonchev–Trinajstić information content (AvgIpc) is 2.59. The fourth-order valence-corrected chi connectivity index (χ4v) is 2.43.